The highest BCUT2D eigenvalue weighted by Gasteiger charge is 2.41. The number of phenols is 1. The Kier molecular flexibility index (Phi) is 7.24. The van der Waals surface area contributed by atoms with Crippen molar-refractivity contribution in [3.05, 3.63) is 58.6 Å². The van der Waals surface area contributed by atoms with E-state index in [4.69, 9.17) is 9.72 Å². The van der Waals surface area contributed by atoms with Crippen LogP contribution >= 0.6 is 0 Å². The van der Waals surface area contributed by atoms with E-state index in [1.807, 2.05) is 31.2 Å². The van der Waals surface area contributed by atoms with Gasteiger partial charge in [0, 0.05) is 32.2 Å². The predicted molar refractivity (Wildman–Crippen MR) is 136 cm³/mol. The maximum atomic E-state index is 14.0. The maximum Gasteiger partial charge on any atom is 0.266 e. The fourth-order valence-corrected chi connectivity index (χ4v) is 5.27. The second kappa shape index (κ2) is 10.2. The average molecular weight is 465 g/mol. The third kappa shape index (κ3) is 4.18. The molecule has 0 radical (unpaired) electrons. The van der Waals surface area contributed by atoms with Gasteiger partial charge in [0.2, 0.25) is 0 Å². The van der Waals surface area contributed by atoms with E-state index < -0.39 is 5.54 Å². The van der Waals surface area contributed by atoms with E-state index in [-0.39, 0.29) is 11.3 Å². The molecule has 1 saturated heterocycles. The number of fused-ring (bicyclic) bond motifs is 1. The first-order chi connectivity index (χ1) is 16.5. The van der Waals surface area contributed by atoms with Crippen LogP contribution < -0.4 is 10.3 Å². The lowest BCUT2D eigenvalue weighted by Crippen LogP contribution is -2.56. The summed E-state index contributed by atoms with van der Waals surface area (Å²) >= 11 is 0. The van der Waals surface area contributed by atoms with Gasteiger partial charge in [-0.1, -0.05) is 32.9 Å². The molecule has 0 bridgehead atoms. The summed E-state index contributed by atoms with van der Waals surface area (Å²) in [5.41, 5.74) is 0.778. The van der Waals surface area contributed by atoms with Crippen molar-refractivity contribution in [1.29, 1.82) is 0 Å². The maximum absolute atomic E-state index is 14.0. The number of phenolic OH excluding ortho intramolecular Hbond substituents is 1. The third-order valence-electron chi connectivity index (χ3n) is 7.27. The Labute approximate surface area is 201 Å². The van der Waals surface area contributed by atoms with E-state index in [0.29, 0.717) is 28.9 Å². The molecule has 7 heteroatoms. The molecule has 0 atom stereocenters. The fourth-order valence-electron chi connectivity index (χ4n) is 5.27. The zero-order valence-electron chi connectivity index (χ0n) is 20.8. The molecule has 1 N–H and O–H groups in total. The number of para-hydroxylation sites is 1. The van der Waals surface area contributed by atoms with Gasteiger partial charge >= 0.3 is 0 Å². The summed E-state index contributed by atoms with van der Waals surface area (Å²) in [6, 6.07) is 12.5. The highest BCUT2D eigenvalue weighted by Crippen LogP contribution is 2.38. The van der Waals surface area contributed by atoms with Gasteiger partial charge in [-0.05, 0) is 50.6 Å². The van der Waals surface area contributed by atoms with Gasteiger partial charge in [0.05, 0.1) is 28.7 Å². The van der Waals surface area contributed by atoms with Gasteiger partial charge in [0.25, 0.3) is 5.56 Å². The van der Waals surface area contributed by atoms with Crippen molar-refractivity contribution >= 4 is 10.9 Å². The fraction of sp³-hybridized carbons (Fsp3) is 0.481. The molecule has 1 fully saturated rings. The van der Waals surface area contributed by atoms with E-state index in [2.05, 4.69) is 30.6 Å². The van der Waals surface area contributed by atoms with Crippen LogP contribution in [0.15, 0.2) is 47.3 Å². The van der Waals surface area contributed by atoms with Crippen molar-refractivity contribution in [2.45, 2.75) is 46.1 Å². The van der Waals surface area contributed by atoms with Crippen LogP contribution in [0.5, 0.6) is 11.5 Å². The smallest absolute Gasteiger partial charge is 0.266 e. The van der Waals surface area contributed by atoms with Crippen LogP contribution in [0.4, 0.5) is 0 Å². The minimum absolute atomic E-state index is 0.100. The zero-order chi connectivity index (χ0) is 24.3. The summed E-state index contributed by atoms with van der Waals surface area (Å²) in [6.07, 6.45) is 1.64. The number of hydrogen-bond acceptors (Lipinski definition) is 6. The van der Waals surface area contributed by atoms with Crippen molar-refractivity contribution in [3.63, 3.8) is 0 Å². The topological polar surface area (TPSA) is 70.8 Å². The van der Waals surface area contributed by atoms with Gasteiger partial charge in [0.15, 0.2) is 0 Å². The lowest BCUT2D eigenvalue weighted by molar-refractivity contribution is 0.0172. The average Bonchev–Trinajstić information content (AvgIpc) is 2.87. The van der Waals surface area contributed by atoms with Crippen LogP contribution in [0, 0.1) is 0 Å². The molecule has 0 unspecified atom stereocenters. The summed E-state index contributed by atoms with van der Waals surface area (Å²) in [7, 11) is 0. The van der Waals surface area contributed by atoms with Gasteiger partial charge in [-0.2, -0.15) is 0 Å². The molecular formula is C27H36N4O3. The second-order valence-corrected chi connectivity index (χ2v) is 8.84. The van der Waals surface area contributed by atoms with E-state index in [9.17, 15) is 9.90 Å². The second-order valence-electron chi connectivity index (χ2n) is 8.84. The Morgan fingerprint density at radius 2 is 1.71 bits per heavy atom. The molecule has 0 aliphatic carbocycles. The summed E-state index contributed by atoms with van der Waals surface area (Å²) < 4.78 is 7.61. The van der Waals surface area contributed by atoms with E-state index in [1.54, 1.807) is 22.8 Å². The van der Waals surface area contributed by atoms with E-state index in [1.165, 1.54) is 0 Å². The molecule has 3 aromatic rings. The van der Waals surface area contributed by atoms with Crippen LogP contribution in [-0.2, 0) is 5.54 Å². The van der Waals surface area contributed by atoms with Crippen LogP contribution in [0.25, 0.3) is 16.6 Å². The van der Waals surface area contributed by atoms with Crippen LogP contribution in [0.2, 0.25) is 0 Å². The largest absolute Gasteiger partial charge is 0.508 e. The summed E-state index contributed by atoms with van der Waals surface area (Å²) in [6.45, 7) is 13.8. The molecule has 0 spiro atoms. The van der Waals surface area contributed by atoms with Crippen molar-refractivity contribution in [2.24, 2.45) is 0 Å². The number of aromatic hydroxyl groups is 1. The van der Waals surface area contributed by atoms with Crippen molar-refractivity contribution in [1.82, 2.24) is 19.4 Å². The first-order valence-corrected chi connectivity index (χ1v) is 12.4. The third-order valence-corrected chi connectivity index (χ3v) is 7.27. The van der Waals surface area contributed by atoms with Crippen molar-refractivity contribution in [3.8, 4) is 17.2 Å². The Balaban J connectivity index is 2.01. The first kappa shape index (κ1) is 24.2. The molecule has 2 heterocycles. The SMILES string of the molecule is CCOc1cc(O)ccc1-n1c(C(CC)(CC)N2CCN(CC)CC2)nc2ccccc2c1=O. The summed E-state index contributed by atoms with van der Waals surface area (Å²) in [4.78, 5) is 24.1. The first-order valence-electron chi connectivity index (χ1n) is 12.4. The standard InChI is InChI=1S/C27H36N4O3/c1-5-27(6-2,30-17-15-29(7-3)16-18-30)26-28-22-12-10-9-11-21(22)25(33)31(26)23-14-13-20(32)19-24(23)34-8-4/h9-14,19,32H,5-8,15-18H2,1-4H3. The number of aromatic nitrogens is 2. The molecule has 2 aromatic carbocycles. The highest BCUT2D eigenvalue weighted by molar-refractivity contribution is 5.78. The van der Waals surface area contributed by atoms with Gasteiger partial charge in [0.1, 0.15) is 17.3 Å². The Hall–Kier alpha value is -2.90. The van der Waals surface area contributed by atoms with Crippen molar-refractivity contribution < 1.29 is 9.84 Å². The number of likely N-dealkylation sites (N-methyl/N-ethyl adjacent to an activating group) is 1. The Morgan fingerprint density at radius 1 is 1.00 bits per heavy atom. The zero-order valence-corrected chi connectivity index (χ0v) is 20.8. The van der Waals surface area contributed by atoms with Crippen LogP contribution in [0.3, 0.4) is 0 Å². The number of piperazine rings is 1. The molecule has 1 aliphatic rings. The number of nitrogens with zero attached hydrogens (tertiary/aromatic N) is 4. The molecule has 0 amide bonds. The molecule has 1 aliphatic heterocycles. The Bertz CT molecular complexity index is 1190. The molecule has 34 heavy (non-hydrogen) atoms. The van der Waals surface area contributed by atoms with Crippen molar-refractivity contribution in [2.75, 3.05) is 39.3 Å². The highest BCUT2D eigenvalue weighted by atomic mass is 16.5. The molecule has 0 saturated carbocycles. The van der Waals surface area contributed by atoms with Gasteiger partial charge < -0.3 is 14.7 Å². The van der Waals surface area contributed by atoms with Gasteiger partial charge in [-0.15, -0.1) is 0 Å². The minimum atomic E-state index is -0.412. The Morgan fingerprint density at radius 3 is 2.35 bits per heavy atom. The molecule has 182 valence electrons. The predicted octanol–water partition coefficient (Wildman–Crippen LogP) is 4.14. The number of hydrogen-bond donors (Lipinski definition) is 1. The molecule has 4 rings (SSSR count). The minimum Gasteiger partial charge on any atom is -0.508 e. The lowest BCUT2D eigenvalue weighted by atomic mass is 9.87. The quantitative estimate of drug-likeness (QED) is 0.540. The molecule has 7 nitrogen and oxygen atoms in total. The van der Waals surface area contributed by atoms with E-state index >= 15 is 0 Å². The van der Waals surface area contributed by atoms with Gasteiger partial charge in [-0.3, -0.25) is 14.3 Å². The number of ether oxygens (including phenoxy) is 1. The lowest BCUT2D eigenvalue weighted by Gasteiger charge is -2.47. The molecule has 1 aromatic heterocycles. The van der Waals surface area contributed by atoms with Gasteiger partial charge in [-0.25, -0.2) is 4.98 Å². The molecular weight excluding hydrogens is 428 g/mol. The number of rotatable bonds is 8. The summed E-state index contributed by atoms with van der Waals surface area (Å²) in [5.74, 6) is 1.31. The van der Waals surface area contributed by atoms with Crippen LogP contribution in [-0.4, -0.2) is 63.8 Å². The normalized spacial score (nSPS) is 15.6. The summed E-state index contributed by atoms with van der Waals surface area (Å²) in [5, 5.41) is 10.7. The number of benzene rings is 2. The van der Waals surface area contributed by atoms with E-state index in [0.717, 1.165) is 51.4 Å². The monoisotopic (exact) mass is 464 g/mol. The van der Waals surface area contributed by atoms with Crippen LogP contribution in [0.1, 0.15) is 46.4 Å².